The Morgan fingerprint density at radius 1 is 1.03 bits per heavy atom. The van der Waals surface area contributed by atoms with Gasteiger partial charge in [0, 0.05) is 32.6 Å². The Balaban J connectivity index is 1.60. The zero-order valence-corrected chi connectivity index (χ0v) is 17.8. The van der Waals surface area contributed by atoms with E-state index in [1.165, 1.54) is 28.4 Å². The van der Waals surface area contributed by atoms with Crippen LogP contribution in [0.2, 0.25) is 0 Å². The first kappa shape index (κ1) is 22.7. The first-order valence-corrected chi connectivity index (χ1v) is 11.2. The average molecular weight is 450 g/mol. The lowest BCUT2D eigenvalue weighted by atomic mass is 10.1. The maximum Gasteiger partial charge on any atom is 0.328 e. The van der Waals surface area contributed by atoms with E-state index >= 15 is 0 Å². The van der Waals surface area contributed by atoms with E-state index in [1.807, 2.05) is 30.3 Å². The van der Waals surface area contributed by atoms with Gasteiger partial charge < -0.3 is 15.0 Å². The minimum Gasteiger partial charge on any atom is -0.467 e. The van der Waals surface area contributed by atoms with Crippen LogP contribution in [0, 0.1) is 5.82 Å². The van der Waals surface area contributed by atoms with Gasteiger partial charge in [-0.3, -0.25) is 0 Å². The number of piperazine rings is 1. The summed E-state index contributed by atoms with van der Waals surface area (Å²) in [6.45, 7) is 0.500. The molecule has 8 nitrogen and oxygen atoms in total. The SMILES string of the molecule is COC(=O)C(Cc1ccccc1)NC(=O)N1CCN(S(=O)(=O)c2ccc(F)cc2)CC1. The van der Waals surface area contributed by atoms with Crippen molar-refractivity contribution in [1.82, 2.24) is 14.5 Å². The Labute approximate surface area is 180 Å². The molecule has 1 aliphatic rings. The minimum atomic E-state index is -3.77. The van der Waals surface area contributed by atoms with Crippen molar-refractivity contribution < 1.29 is 27.1 Å². The third-order valence-electron chi connectivity index (χ3n) is 5.04. The predicted molar refractivity (Wildman–Crippen MR) is 111 cm³/mol. The molecule has 10 heteroatoms. The van der Waals surface area contributed by atoms with Crippen LogP contribution in [0.1, 0.15) is 5.56 Å². The molecule has 1 N–H and O–H groups in total. The van der Waals surface area contributed by atoms with Crippen LogP contribution in [-0.2, 0) is 26.0 Å². The fourth-order valence-electron chi connectivity index (χ4n) is 3.31. The molecule has 0 aliphatic carbocycles. The van der Waals surface area contributed by atoms with Crippen LogP contribution in [0.3, 0.4) is 0 Å². The molecule has 0 saturated carbocycles. The fourth-order valence-corrected chi connectivity index (χ4v) is 4.74. The highest BCUT2D eigenvalue weighted by molar-refractivity contribution is 7.89. The van der Waals surface area contributed by atoms with Crippen molar-refractivity contribution in [2.45, 2.75) is 17.4 Å². The predicted octanol–water partition coefficient (Wildman–Crippen LogP) is 1.63. The van der Waals surface area contributed by atoms with Crippen LogP contribution in [0.15, 0.2) is 59.5 Å². The lowest BCUT2D eigenvalue weighted by molar-refractivity contribution is -0.142. The van der Waals surface area contributed by atoms with E-state index in [9.17, 15) is 22.4 Å². The number of urea groups is 1. The largest absolute Gasteiger partial charge is 0.467 e. The molecule has 0 radical (unpaired) electrons. The summed E-state index contributed by atoms with van der Waals surface area (Å²) in [7, 11) is -2.52. The Hall–Kier alpha value is -2.98. The number of halogens is 1. The van der Waals surface area contributed by atoms with Crippen molar-refractivity contribution in [3.8, 4) is 0 Å². The number of nitrogens with one attached hydrogen (secondary N) is 1. The number of esters is 1. The molecule has 2 aromatic rings. The van der Waals surface area contributed by atoms with Gasteiger partial charge in [-0.15, -0.1) is 0 Å². The summed E-state index contributed by atoms with van der Waals surface area (Å²) in [5, 5.41) is 2.68. The van der Waals surface area contributed by atoms with Gasteiger partial charge in [0.1, 0.15) is 11.9 Å². The molecule has 2 amide bonds. The Morgan fingerprint density at radius 3 is 2.23 bits per heavy atom. The van der Waals surface area contributed by atoms with E-state index in [-0.39, 0.29) is 37.5 Å². The first-order chi connectivity index (χ1) is 14.8. The molecular formula is C21H24FN3O5S. The Morgan fingerprint density at radius 2 is 1.65 bits per heavy atom. The zero-order valence-electron chi connectivity index (χ0n) is 17.0. The maximum atomic E-state index is 13.1. The molecule has 1 aliphatic heterocycles. The number of hydrogen-bond donors (Lipinski definition) is 1. The number of ether oxygens (including phenoxy) is 1. The highest BCUT2D eigenvalue weighted by Crippen LogP contribution is 2.18. The first-order valence-electron chi connectivity index (χ1n) is 9.74. The van der Waals surface area contributed by atoms with Gasteiger partial charge >= 0.3 is 12.0 Å². The molecule has 1 saturated heterocycles. The van der Waals surface area contributed by atoms with Crippen LogP contribution < -0.4 is 5.32 Å². The monoisotopic (exact) mass is 449 g/mol. The molecule has 1 atom stereocenters. The second-order valence-corrected chi connectivity index (χ2v) is 9.00. The molecule has 3 rings (SSSR count). The summed E-state index contributed by atoms with van der Waals surface area (Å²) in [6.07, 6.45) is 0.276. The number of nitrogens with zero attached hydrogens (tertiary/aromatic N) is 2. The average Bonchev–Trinajstić information content (AvgIpc) is 2.79. The van der Waals surface area contributed by atoms with Gasteiger partial charge in [0.25, 0.3) is 0 Å². The van der Waals surface area contributed by atoms with Gasteiger partial charge in [0.15, 0.2) is 0 Å². The standard InChI is InChI=1S/C21H24FN3O5S/c1-30-20(26)19(15-16-5-3-2-4-6-16)23-21(27)24-11-13-25(14-12-24)31(28,29)18-9-7-17(22)8-10-18/h2-10,19H,11-15H2,1H3,(H,23,27). The van der Waals surface area contributed by atoms with Crippen LogP contribution in [-0.4, -0.2) is 69.0 Å². The van der Waals surface area contributed by atoms with Crippen LogP contribution in [0.25, 0.3) is 0 Å². The molecule has 0 spiro atoms. The Bertz CT molecular complexity index is 1010. The second kappa shape index (κ2) is 9.88. The third-order valence-corrected chi connectivity index (χ3v) is 6.96. The molecule has 31 heavy (non-hydrogen) atoms. The van der Waals surface area contributed by atoms with Gasteiger partial charge in [-0.05, 0) is 29.8 Å². The van der Waals surface area contributed by atoms with Gasteiger partial charge in [0.05, 0.1) is 12.0 Å². The van der Waals surface area contributed by atoms with E-state index < -0.39 is 33.9 Å². The number of sulfonamides is 1. The number of carbonyl (C=O) groups excluding carboxylic acids is 2. The van der Waals surface area contributed by atoms with E-state index in [0.29, 0.717) is 0 Å². The summed E-state index contributed by atoms with van der Waals surface area (Å²) in [4.78, 5) is 26.3. The molecule has 0 bridgehead atoms. The quantitative estimate of drug-likeness (QED) is 0.677. The van der Waals surface area contributed by atoms with E-state index in [1.54, 1.807) is 0 Å². The molecular weight excluding hydrogens is 425 g/mol. The minimum absolute atomic E-state index is 0.000387. The fraction of sp³-hybridized carbons (Fsp3) is 0.333. The van der Waals surface area contributed by atoms with Crippen molar-refractivity contribution in [1.29, 1.82) is 0 Å². The van der Waals surface area contributed by atoms with Crippen molar-refractivity contribution in [2.24, 2.45) is 0 Å². The van der Waals surface area contributed by atoms with Crippen LogP contribution >= 0.6 is 0 Å². The smallest absolute Gasteiger partial charge is 0.328 e. The van der Waals surface area contributed by atoms with Crippen molar-refractivity contribution in [2.75, 3.05) is 33.3 Å². The normalized spacial score (nSPS) is 15.9. The van der Waals surface area contributed by atoms with E-state index in [0.717, 1.165) is 17.7 Å². The molecule has 2 aromatic carbocycles. The summed E-state index contributed by atoms with van der Waals surface area (Å²) in [5.41, 5.74) is 0.869. The lowest BCUT2D eigenvalue weighted by Crippen LogP contribution is -2.56. The number of rotatable bonds is 6. The van der Waals surface area contributed by atoms with Gasteiger partial charge in [-0.2, -0.15) is 4.31 Å². The Kier molecular flexibility index (Phi) is 7.24. The molecule has 1 heterocycles. The topological polar surface area (TPSA) is 96.0 Å². The highest BCUT2D eigenvalue weighted by Gasteiger charge is 2.31. The van der Waals surface area contributed by atoms with E-state index in [2.05, 4.69) is 5.32 Å². The molecule has 166 valence electrons. The van der Waals surface area contributed by atoms with Crippen molar-refractivity contribution >= 4 is 22.0 Å². The number of benzene rings is 2. The third kappa shape index (κ3) is 5.59. The van der Waals surface area contributed by atoms with Gasteiger partial charge in [0.2, 0.25) is 10.0 Å². The van der Waals surface area contributed by atoms with Crippen LogP contribution in [0.5, 0.6) is 0 Å². The lowest BCUT2D eigenvalue weighted by Gasteiger charge is -2.34. The highest BCUT2D eigenvalue weighted by atomic mass is 32.2. The summed E-state index contributed by atoms with van der Waals surface area (Å²) < 4.78 is 44.6. The van der Waals surface area contributed by atoms with Gasteiger partial charge in [-0.1, -0.05) is 30.3 Å². The van der Waals surface area contributed by atoms with Crippen molar-refractivity contribution in [3.63, 3.8) is 0 Å². The zero-order chi connectivity index (χ0) is 22.4. The maximum absolute atomic E-state index is 13.1. The van der Waals surface area contributed by atoms with Gasteiger partial charge in [-0.25, -0.2) is 22.4 Å². The van der Waals surface area contributed by atoms with Crippen molar-refractivity contribution in [3.05, 3.63) is 66.0 Å². The number of hydrogen-bond acceptors (Lipinski definition) is 5. The second-order valence-electron chi connectivity index (χ2n) is 7.06. The van der Waals surface area contributed by atoms with E-state index in [4.69, 9.17) is 4.74 Å². The summed E-state index contributed by atoms with van der Waals surface area (Å²) in [5.74, 6) is -1.08. The molecule has 1 unspecified atom stereocenters. The summed E-state index contributed by atoms with van der Waals surface area (Å²) in [6, 6.07) is 12.5. The number of carbonyl (C=O) groups is 2. The molecule has 1 fully saturated rings. The van der Waals surface area contributed by atoms with Crippen LogP contribution in [0.4, 0.5) is 9.18 Å². The number of amides is 2. The summed E-state index contributed by atoms with van der Waals surface area (Å²) >= 11 is 0. The number of methoxy groups -OCH3 is 1. The molecule has 0 aromatic heterocycles.